The highest BCUT2D eigenvalue weighted by atomic mass is 32.2. The molecule has 0 aliphatic carbocycles. The van der Waals surface area contributed by atoms with Gasteiger partial charge in [-0.15, -0.1) is 11.8 Å². The molecule has 0 fully saturated rings. The zero-order chi connectivity index (χ0) is 21.6. The summed E-state index contributed by atoms with van der Waals surface area (Å²) in [5, 5.41) is 11.7. The Hall–Kier alpha value is -2.76. The fourth-order valence-electron chi connectivity index (χ4n) is 3.08. The first kappa shape index (κ1) is 21.9. The molecule has 2 atom stereocenters. The zero-order valence-electron chi connectivity index (χ0n) is 17.4. The van der Waals surface area contributed by atoms with Gasteiger partial charge in [0.25, 0.3) is 0 Å². The van der Waals surface area contributed by atoms with Crippen LogP contribution < -0.4 is 5.06 Å². The molecule has 0 radical (unpaired) electrons. The maximum Gasteiger partial charge on any atom is 0.322 e. The lowest BCUT2D eigenvalue weighted by Gasteiger charge is -2.34. The van der Waals surface area contributed by atoms with Crippen molar-refractivity contribution in [1.82, 2.24) is 0 Å². The molecular formula is C25H27NO3S. The van der Waals surface area contributed by atoms with Gasteiger partial charge in [-0.3, -0.25) is 10.0 Å². The summed E-state index contributed by atoms with van der Waals surface area (Å²) in [4.78, 5) is 14.3. The molecule has 0 saturated heterocycles. The zero-order valence-corrected chi connectivity index (χ0v) is 18.3. The number of hydrogen-bond acceptors (Lipinski definition) is 5. The Labute approximate surface area is 182 Å². The molecule has 0 bridgehead atoms. The largest absolute Gasteiger partial charge is 0.459 e. The van der Waals surface area contributed by atoms with Crippen molar-refractivity contribution in [3.63, 3.8) is 0 Å². The van der Waals surface area contributed by atoms with Crippen LogP contribution in [0.2, 0.25) is 0 Å². The Morgan fingerprint density at radius 3 is 1.90 bits per heavy atom. The second-order valence-corrected chi connectivity index (χ2v) is 9.14. The smallest absolute Gasteiger partial charge is 0.322 e. The van der Waals surface area contributed by atoms with Crippen LogP contribution in [0.1, 0.15) is 32.4 Å². The number of carbonyl (C=O) groups excluding carboxylic acids is 1. The fourth-order valence-corrected chi connectivity index (χ4v) is 4.24. The van der Waals surface area contributed by atoms with Gasteiger partial charge in [-0.1, -0.05) is 66.7 Å². The van der Waals surface area contributed by atoms with Crippen molar-refractivity contribution in [3.8, 4) is 0 Å². The van der Waals surface area contributed by atoms with Gasteiger partial charge < -0.3 is 4.74 Å². The van der Waals surface area contributed by atoms with Crippen LogP contribution in [0.5, 0.6) is 0 Å². The van der Waals surface area contributed by atoms with E-state index in [0.29, 0.717) is 5.69 Å². The average Bonchev–Trinajstić information content (AvgIpc) is 2.74. The molecule has 4 nitrogen and oxygen atoms in total. The maximum absolute atomic E-state index is 13.3. The molecule has 0 heterocycles. The number of para-hydroxylation sites is 1. The molecule has 3 aromatic rings. The van der Waals surface area contributed by atoms with Crippen molar-refractivity contribution in [2.45, 2.75) is 42.6 Å². The summed E-state index contributed by atoms with van der Waals surface area (Å²) in [5.41, 5.74) is 0.789. The topological polar surface area (TPSA) is 49.8 Å². The molecule has 0 aliphatic rings. The molecule has 3 aromatic carbocycles. The Balaban J connectivity index is 2.06. The normalized spacial score (nSPS) is 13.3. The highest BCUT2D eigenvalue weighted by Gasteiger charge is 2.38. The lowest BCUT2D eigenvalue weighted by molar-refractivity contribution is -0.154. The standard InChI is InChI=1S/C25H27NO3S/c1-25(2,3)29-24(27)23(30-21-17-11-6-12-18-21)22(19-13-7-4-8-14-19)26(28)20-15-9-5-10-16-20/h4-18,22-23,28H,1-3H3. The lowest BCUT2D eigenvalue weighted by atomic mass is 10.0. The minimum atomic E-state index is -0.695. The minimum Gasteiger partial charge on any atom is -0.459 e. The molecule has 0 aliphatic heterocycles. The molecule has 30 heavy (non-hydrogen) atoms. The Morgan fingerprint density at radius 1 is 0.867 bits per heavy atom. The van der Waals surface area contributed by atoms with E-state index in [1.165, 1.54) is 16.8 Å². The lowest BCUT2D eigenvalue weighted by Crippen LogP contribution is -2.40. The first-order chi connectivity index (χ1) is 14.3. The summed E-state index contributed by atoms with van der Waals surface area (Å²) in [7, 11) is 0. The first-order valence-corrected chi connectivity index (χ1v) is 10.8. The van der Waals surface area contributed by atoms with Crippen molar-refractivity contribution >= 4 is 23.4 Å². The van der Waals surface area contributed by atoms with Gasteiger partial charge in [-0.2, -0.15) is 0 Å². The highest BCUT2D eigenvalue weighted by Crippen LogP contribution is 2.38. The molecule has 156 valence electrons. The second-order valence-electron chi connectivity index (χ2n) is 7.92. The number of benzene rings is 3. The van der Waals surface area contributed by atoms with Gasteiger partial charge in [-0.05, 0) is 50.6 Å². The summed E-state index contributed by atoms with van der Waals surface area (Å²) in [6, 6.07) is 27.8. The van der Waals surface area contributed by atoms with E-state index >= 15 is 0 Å². The quantitative estimate of drug-likeness (QED) is 0.283. The number of hydroxylamine groups is 1. The predicted molar refractivity (Wildman–Crippen MR) is 122 cm³/mol. The molecule has 2 unspecified atom stereocenters. The van der Waals surface area contributed by atoms with Crippen LogP contribution in [0.25, 0.3) is 0 Å². The fraction of sp³-hybridized carbons (Fsp3) is 0.240. The molecule has 3 rings (SSSR count). The molecule has 0 aromatic heterocycles. The number of carbonyl (C=O) groups is 1. The maximum atomic E-state index is 13.3. The third-order valence-electron chi connectivity index (χ3n) is 4.36. The Morgan fingerprint density at radius 2 is 1.37 bits per heavy atom. The molecule has 0 spiro atoms. The van der Waals surface area contributed by atoms with Crippen molar-refractivity contribution in [3.05, 3.63) is 96.6 Å². The van der Waals surface area contributed by atoms with E-state index in [4.69, 9.17) is 4.74 Å². The van der Waals surface area contributed by atoms with Gasteiger partial charge in [0.05, 0.1) is 5.69 Å². The summed E-state index contributed by atoms with van der Waals surface area (Å²) in [6.07, 6.45) is 0. The number of nitrogens with zero attached hydrogens (tertiary/aromatic N) is 1. The summed E-state index contributed by atoms with van der Waals surface area (Å²) in [6.45, 7) is 5.54. The van der Waals surface area contributed by atoms with E-state index < -0.39 is 16.9 Å². The number of ether oxygens (including phenoxy) is 1. The van der Waals surface area contributed by atoms with Crippen molar-refractivity contribution < 1.29 is 14.7 Å². The number of rotatable bonds is 7. The first-order valence-electron chi connectivity index (χ1n) is 9.88. The Bertz CT molecular complexity index is 927. The third kappa shape index (κ3) is 5.88. The molecule has 1 N–H and O–H groups in total. The van der Waals surface area contributed by atoms with E-state index in [1.54, 1.807) is 0 Å². The Kier molecular flexibility index (Phi) is 7.19. The summed E-state index contributed by atoms with van der Waals surface area (Å²) in [5.74, 6) is -0.375. The van der Waals surface area contributed by atoms with Crippen LogP contribution >= 0.6 is 11.8 Å². The molecular weight excluding hydrogens is 394 g/mol. The minimum absolute atomic E-state index is 0.375. The molecule has 5 heteroatoms. The van der Waals surface area contributed by atoms with Crippen LogP contribution in [-0.2, 0) is 9.53 Å². The second kappa shape index (κ2) is 9.83. The number of anilines is 1. The average molecular weight is 422 g/mol. The summed E-state index contributed by atoms with van der Waals surface area (Å²) >= 11 is 1.39. The van der Waals surface area contributed by atoms with Gasteiger partial charge in [0.1, 0.15) is 16.9 Å². The van der Waals surface area contributed by atoms with Crippen molar-refractivity contribution in [2.24, 2.45) is 0 Å². The number of hydrogen-bond donors (Lipinski definition) is 1. The molecule has 0 saturated carbocycles. The highest BCUT2D eigenvalue weighted by molar-refractivity contribution is 8.00. The van der Waals surface area contributed by atoms with Crippen LogP contribution in [0.3, 0.4) is 0 Å². The van der Waals surface area contributed by atoms with Gasteiger partial charge >= 0.3 is 5.97 Å². The number of esters is 1. The van der Waals surface area contributed by atoms with E-state index in [1.807, 2.05) is 112 Å². The van der Waals surface area contributed by atoms with Crippen molar-refractivity contribution in [2.75, 3.05) is 5.06 Å². The van der Waals surface area contributed by atoms with Crippen LogP contribution in [-0.4, -0.2) is 22.0 Å². The summed E-state index contributed by atoms with van der Waals surface area (Å²) < 4.78 is 5.76. The van der Waals surface area contributed by atoms with Gasteiger partial charge in [-0.25, -0.2) is 5.06 Å². The number of thioether (sulfide) groups is 1. The van der Waals surface area contributed by atoms with E-state index in [-0.39, 0.29) is 5.97 Å². The van der Waals surface area contributed by atoms with Crippen LogP contribution in [0.4, 0.5) is 5.69 Å². The monoisotopic (exact) mass is 421 g/mol. The third-order valence-corrected chi connectivity index (χ3v) is 5.61. The van der Waals surface area contributed by atoms with E-state index in [0.717, 1.165) is 10.5 Å². The SMILES string of the molecule is CC(C)(C)OC(=O)C(Sc1ccccc1)C(c1ccccc1)N(O)c1ccccc1. The van der Waals surface area contributed by atoms with E-state index in [9.17, 15) is 10.0 Å². The van der Waals surface area contributed by atoms with Crippen LogP contribution in [0.15, 0.2) is 95.9 Å². The van der Waals surface area contributed by atoms with Crippen LogP contribution in [0, 0.1) is 0 Å². The van der Waals surface area contributed by atoms with Gasteiger partial charge in [0.2, 0.25) is 0 Å². The van der Waals surface area contributed by atoms with Gasteiger partial charge in [0, 0.05) is 4.90 Å². The van der Waals surface area contributed by atoms with E-state index in [2.05, 4.69) is 0 Å². The van der Waals surface area contributed by atoms with Crippen molar-refractivity contribution in [1.29, 1.82) is 0 Å². The predicted octanol–water partition coefficient (Wildman–Crippen LogP) is 6.13. The molecule has 0 amide bonds. The van der Waals surface area contributed by atoms with Gasteiger partial charge in [0.15, 0.2) is 0 Å².